The Morgan fingerprint density at radius 2 is 1.91 bits per heavy atom. The van der Waals surface area contributed by atoms with E-state index in [0.717, 1.165) is 11.1 Å². The van der Waals surface area contributed by atoms with Gasteiger partial charge in [0.15, 0.2) is 5.65 Å². The van der Waals surface area contributed by atoms with Crippen LogP contribution >= 0.6 is 0 Å². The molecule has 3 aromatic rings. The summed E-state index contributed by atoms with van der Waals surface area (Å²) in [6, 6.07) is 1.13. The Hall–Kier alpha value is -5.23. The maximum Gasteiger partial charge on any atom is 0.436 e. The molecule has 3 aromatic heterocycles. The average Bonchev–Trinajstić information content (AvgIpc) is 3.43. The summed E-state index contributed by atoms with van der Waals surface area (Å²) < 4.78 is 11.4. The van der Waals surface area contributed by atoms with Crippen molar-refractivity contribution >= 4 is 46.4 Å². The number of unbranched alkanes of at least 4 members (excludes halogenated alkanes) is 1. The number of anilines is 3. The summed E-state index contributed by atoms with van der Waals surface area (Å²) in [4.78, 5) is 53.9. The Labute approximate surface area is 275 Å². The molecule has 0 aliphatic rings. The minimum absolute atomic E-state index is 0.199. The maximum atomic E-state index is 12.5. The quantitative estimate of drug-likeness (QED) is 0.125. The van der Waals surface area contributed by atoms with Gasteiger partial charge in [0.1, 0.15) is 11.9 Å². The van der Waals surface area contributed by atoms with E-state index in [2.05, 4.69) is 47.8 Å². The summed E-state index contributed by atoms with van der Waals surface area (Å²) in [6.07, 6.45) is 7.82. The number of amides is 2. The number of methoxy groups -OCH3 is 1. The number of nitrogens with one attached hydrogen (secondary N) is 3. The Kier molecular flexibility index (Phi) is 13.9. The van der Waals surface area contributed by atoms with Crippen LogP contribution in [0.25, 0.3) is 11.0 Å². The van der Waals surface area contributed by atoms with Crippen molar-refractivity contribution in [2.45, 2.75) is 46.1 Å². The smallest absolute Gasteiger partial charge is 0.436 e. The fourth-order valence-corrected chi connectivity index (χ4v) is 4.09. The van der Waals surface area contributed by atoms with Gasteiger partial charge in [-0.05, 0) is 46.9 Å². The van der Waals surface area contributed by atoms with Crippen molar-refractivity contribution < 1.29 is 23.9 Å². The molecular formula is C32H44N10O5. The van der Waals surface area contributed by atoms with Crippen molar-refractivity contribution in [2.75, 3.05) is 65.1 Å². The van der Waals surface area contributed by atoms with Crippen molar-refractivity contribution in [1.82, 2.24) is 39.8 Å². The highest BCUT2D eigenvalue weighted by atomic mass is 16.6. The fraction of sp³-hybridized carbons (Fsp3) is 0.469. The lowest BCUT2D eigenvalue weighted by Gasteiger charge is -2.23. The number of ether oxygens (including phenoxy) is 2. The van der Waals surface area contributed by atoms with Gasteiger partial charge in [0.05, 0.1) is 42.7 Å². The molecule has 0 aromatic carbocycles. The molecule has 47 heavy (non-hydrogen) atoms. The van der Waals surface area contributed by atoms with Crippen molar-refractivity contribution in [3.05, 3.63) is 36.2 Å². The molecule has 15 heteroatoms. The van der Waals surface area contributed by atoms with Gasteiger partial charge in [-0.15, -0.1) is 9.78 Å². The third-order valence-corrected chi connectivity index (χ3v) is 6.75. The molecule has 0 saturated carbocycles. The zero-order chi connectivity index (χ0) is 34.3. The first-order chi connectivity index (χ1) is 22.6. The van der Waals surface area contributed by atoms with Gasteiger partial charge in [-0.25, -0.2) is 14.8 Å². The van der Waals surface area contributed by atoms with Crippen LogP contribution in [0, 0.1) is 11.8 Å². The molecule has 0 fully saturated rings. The van der Waals surface area contributed by atoms with E-state index in [1.807, 2.05) is 25.9 Å². The molecule has 0 saturated heterocycles. The summed E-state index contributed by atoms with van der Waals surface area (Å²) in [5, 5.41) is 14.0. The summed E-state index contributed by atoms with van der Waals surface area (Å²) in [6.45, 7) is 7.41. The average molecular weight is 649 g/mol. The molecule has 15 nitrogen and oxygen atoms in total. The molecule has 0 spiro atoms. The Morgan fingerprint density at radius 1 is 1.13 bits per heavy atom. The van der Waals surface area contributed by atoms with Crippen LogP contribution in [0.4, 0.5) is 22.2 Å². The molecule has 0 unspecified atom stereocenters. The second-order valence-electron chi connectivity index (χ2n) is 10.7. The summed E-state index contributed by atoms with van der Waals surface area (Å²) in [5.74, 6) is 6.92. The van der Waals surface area contributed by atoms with E-state index in [1.54, 1.807) is 39.2 Å². The lowest BCUT2D eigenvalue weighted by molar-refractivity contribution is -0.135. The fourth-order valence-electron chi connectivity index (χ4n) is 4.09. The molecule has 0 bridgehead atoms. The number of hydrogen-bond acceptors (Lipinski definition) is 12. The molecule has 3 N–H and O–H groups in total. The third kappa shape index (κ3) is 10.4. The molecule has 2 amide bonds. The second-order valence-corrected chi connectivity index (χ2v) is 10.7. The van der Waals surface area contributed by atoms with Crippen molar-refractivity contribution in [3.63, 3.8) is 0 Å². The van der Waals surface area contributed by atoms with E-state index in [9.17, 15) is 14.4 Å². The van der Waals surface area contributed by atoms with E-state index in [-0.39, 0.29) is 24.3 Å². The van der Waals surface area contributed by atoms with E-state index in [4.69, 9.17) is 9.47 Å². The van der Waals surface area contributed by atoms with E-state index in [1.165, 1.54) is 24.3 Å². The molecule has 252 valence electrons. The van der Waals surface area contributed by atoms with Crippen LogP contribution in [-0.2, 0) is 14.3 Å². The number of rotatable bonds is 15. The monoisotopic (exact) mass is 648 g/mol. The normalized spacial score (nSPS) is 11.6. The minimum Gasteiger partial charge on any atom is -0.479 e. The highest BCUT2D eigenvalue weighted by molar-refractivity contribution is 5.92. The van der Waals surface area contributed by atoms with Crippen LogP contribution in [-0.4, -0.2) is 113 Å². The molecule has 1 atom stereocenters. The van der Waals surface area contributed by atoms with Crippen LogP contribution in [0.2, 0.25) is 0 Å². The van der Waals surface area contributed by atoms with Crippen LogP contribution in [0.3, 0.4) is 0 Å². The van der Waals surface area contributed by atoms with E-state index < -0.39 is 12.1 Å². The molecule has 0 radical (unpaired) electrons. The van der Waals surface area contributed by atoms with Crippen LogP contribution in [0.5, 0.6) is 5.88 Å². The summed E-state index contributed by atoms with van der Waals surface area (Å²) in [7, 11) is 6.90. The Bertz CT molecular complexity index is 1630. The number of likely N-dealkylation sites (N-methyl/N-ethyl adjacent to an activating group) is 2. The molecule has 0 aliphatic heterocycles. The molecule has 0 aliphatic carbocycles. The topological polar surface area (TPSA) is 169 Å². The van der Waals surface area contributed by atoms with E-state index >= 15 is 0 Å². The van der Waals surface area contributed by atoms with Gasteiger partial charge in [-0.3, -0.25) is 9.59 Å². The number of aromatic nitrogens is 5. The van der Waals surface area contributed by atoms with Gasteiger partial charge < -0.3 is 35.2 Å². The van der Waals surface area contributed by atoms with Gasteiger partial charge in [-0.2, -0.15) is 4.98 Å². The standard InChI is InChI=1S/C32H44N10O5/c1-8-16-33-27-23(14-11-10-12-17-34-29(44)22(3)41(6)26(43)15-13-18-40(4)5)20-36-31(38-27)37-24-19-25-28(35-21-24)42(32(45)47-9-2)39-30(25)46-7/h13,15,19-22H,8-10,12,16-18H2,1-7H3,(H,34,44)(H2,33,36,37,38)/b15-13+/t22-/m0/s1. The highest BCUT2D eigenvalue weighted by Gasteiger charge is 2.21. The van der Waals surface area contributed by atoms with Gasteiger partial charge >= 0.3 is 6.09 Å². The van der Waals surface area contributed by atoms with Crippen molar-refractivity contribution in [1.29, 1.82) is 0 Å². The van der Waals surface area contributed by atoms with Gasteiger partial charge in [-0.1, -0.05) is 24.8 Å². The summed E-state index contributed by atoms with van der Waals surface area (Å²) >= 11 is 0. The lowest BCUT2D eigenvalue weighted by Crippen LogP contribution is -2.45. The van der Waals surface area contributed by atoms with Crippen LogP contribution in [0.15, 0.2) is 30.6 Å². The summed E-state index contributed by atoms with van der Waals surface area (Å²) in [5.41, 5.74) is 1.49. The Morgan fingerprint density at radius 3 is 2.62 bits per heavy atom. The number of carbonyl (C=O) groups is 3. The molecular weight excluding hydrogens is 604 g/mol. The van der Waals surface area contributed by atoms with Crippen LogP contribution < -0.4 is 20.7 Å². The predicted molar refractivity (Wildman–Crippen MR) is 180 cm³/mol. The first kappa shape index (κ1) is 36.2. The molecule has 3 rings (SSSR count). The largest absolute Gasteiger partial charge is 0.479 e. The van der Waals surface area contributed by atoms with E-state index in [0.29, 0.717) is 66.5 Å². The van der Waals surface area contributed by atoms with Gasteiger partial charge in [0, 0.05) is 39.2 Å². The van der Waals surface area contributed by atoms with Crippen molar-refractivity contribution in [3.8, 4) is 17.7 Å². The second kappa shape index (κ2) is 18.1. The number of hydrogen-bond donors (Lipinski definition) is 3. The van der Waals surface area contributed by atoms with Gasteiger partial charge in [0.25, 0.3) is 0 Å². The predicted octanol–water partition coefficient (Wildman–Crippen LogP) is 3.01. The zero-order valence-corrected chi connectivity index (χ0v) is 28.1. The van der Waals surface area contributed by atoms with Gasteiger partial charge in [0.2, 0.25) is 23.6 Å². The SMILES string of the molecule is CCCNc1nc(Nc2cnc3c(c2)c(OC)nn3C(=O)OCC)ncc1C#CCCCNC(=O)[C@H](C)N(C)C(=O)/C=C/CN(C)C. The minimum atomic E-state index is -0.652. The number of pyridine rings is 1. The molecule has 3 heterocycles. The first-order valence-corrected chi connectivity index (χ1v) is 15.4. The van der Waals surface area contributed by atoms with Crippen LogP contribution in [0.1, 0.15) is 45.6 Å². The van der Waals surface area contributed by atoms with Crippen molar-refractivity contribution in [2.24, 2.45) is 0 Å². The number of nitrogens with zero attached hydrogens (tertiary/aromatic N) is 7. The first-order valence-electron chi connectivity index (χ1n) is 15.4. The maximum absolute atomic E-state index is 12.5. The Balaban J connectivity index is 1.61. The zero-order valence-electron chi connectivity index (χ0n) is 28.1. The lowest BCUT2D eigenvalue weighted by atomic mass is 10.2. The highest BCUT2D eigenvalue weighted by Crippen LogP contribution is 2.27. The third-order valence-electron chi connectivity index (χ3n) is 6.75. The number of carbonyl (C=O) groups excluding carboxylic acids is 3. The number of fused-ring (bicyclic) bond motifs is 1.